The number of imide groups is 1. The smallest absolute Gasteiger partial charge is 0.328 e. The minimum absolute atomic E-state index is 0.0681. The van der Waals surface area contributed by atoms with Crippen LogP contribution in [0.1, 0.15) is 40.0 Å². The van der Waals surface area contributed by atoms with E-state index in [0.717, 1.165) is 25.9 Å². The summed E-state index contributed by atoms with van der Waals surface area (Å²) in [6, 6.07) is -0.998. The highest BCUT2D eigenvalue weighted by Gasteiger charge is 2.49. The van der Waals surface area contributed by atoms with Crippen molar-refractivity contribution in [2.75, 3.05) is 26.9 Å². The van der Waals surface area contributed by atoms with Crippen LogP contribution in [0.25, 0.3) is 0 Å². The van der Waals surface area contributed by atoms with Gasteiger partial charge in [0.15, 0.2) is 18.9 Å². The molecule has 0 saturated carbocycles. The first-order chi connectivity index (χ1) is 12.7. The minimum atomic E-state index is -0.660. The lowest BCUT2D eigenvalue weighted by Crippen LogP contribution is -2.65. The summed E-state index contributed by atoms with van der Waals surface area (Å²) in [6.07, 6.45) is 3.85. The molecule has 27 heavy (non-hydrogen) atoms. The van der Waals surface area contributed by atoms with E-state index in [1.54, 1.807) is 32.7 Å². The largest absolute Gasteiger partial charge is 0.444 e. The Labute approximate surface area is 159 Å². The SMILES string of the molecule is CN1C(=O)N(CCCCC2CO2)C(=O)C2C1N=CN2COC(=O)C(C)(C)C. The number of unbranched alkanes of at least 4 members (excludes halogenated alkanes) is 1. The molecule has 3 heterocycles. The summed E-state index contributed by atoms with van der Waals surface area (Å²) in [5.74, 6) is -0.652. The predicted octanol–water partition coefficient (Wildman–Crippen LogP) is 1.03. The molecule has 3 amide bonds. The standard InChI is InChI=1S/C18H28N4O5/c1-18(2,3)16(24)27-11-21-10-19-14-13(21)15(23)22(17(25)20(14)4)8-6-5-7-12-9-26-12/h10,12-14H,5-9,11H2,1-4H3. The fourth-order valence-corrected chi connectivity index (χ4v) is 3.16. The van der Waals surface area contributed by atoms with E-state index in [-0.39, 0.29) is 24.6 Å². The van der Waals surface area contributed by atoms with E-state index < -0.39 is 17.6 Å². The maximum atomic E-state index is 12.9. The Morgan fingerprint density at radius 1 is 1.33 bits per heavy atom. The normalized spacial score (nSPS) is 27.3. The molecule has 2 fully saturated rings. The number of likely N-dealkylation sites (N-methyl/N-ethyl adjacent to an activating group) is 1. The molecule has 0 radical (unpaired) electrons. The Kier molecular flexibility index (Phi) is 5.41. The molecule has 0 aliphatic carbocycles. The lowest BCUT2D eigenvalue weighted by molar-refractivity contribution is -0.159. The Bertz CT molecular complexity index is 640. The molecule has 0 spiro atoms. The second-order valence-corrected chi connectivity index (χ2v) is 8.28. The van der Waals surface area contributed by atoms with Crippen molar-refractivity contribution >= 4 is 24.2 Å². The van der Waals surface area contributed by atoms with Crippen molar-refractivity contribution in [2.24, 2.45) is 10.4 Å². The van der Waals surface area contributed by atoms with Crippen LogP contribution in [0.3, 0.4) is 0 Å². The average molecular weight is 380 g/mol. The lowest BCUT2D eigenvalue weighted by atomic mass is 9.97. The van der Waals surface area contributed by atoms with Crippen molar-refractivity contribution in [3.8, 4) is 0 Å². The second kappa shape index (κ2) is 7.46. The number of rotatable bonds is 7. The van der Waals surface area contributed by atoms with Gasteiger partial charge in [-0.1, -0.05) is 0 Å². The van der Waals surface area contributed by atoms with Gasteiger partial charge >= 0.3 is 12.0 Å². The zero-order chi connectivity index (χ0) is 19.8. The Morgan fingerprint density at radius 3 is 2.67 bits per heavy atom. The molecule has 0 N–H and O–H groups in total. The van der Waals surface area contributed by atoms with Crippen molar-refractivity contribution in [3.05, 3.63) is 0 Å². The van der Waals surface area contributed by atoms with E-state index in [1.165, 1.54) is 16.1 Å². The van der Waals surface area contributed by atoms with Crippen LogP contribution in [0.4, 0.5) is 4.79 Å². The highest BCUT2D eigenvalue weighted by molar-refractivity contribution is 6.02. The van der Waals surface area contributed by atoms with Crippen LogP contribution in [0, 0.1) is 5.41 Å². The zero-order valence-electron chi connectivity index (χ0n) is 16.4. The molecule has 0 aromatic heterocycles. The number of epoxide rings is 1. The van der Waals surface area contributed by atoms with Gasteiger partial charge in [-0.15, -0.1) is 0 Å². The first-order valence-corrected chi connectivity index (χ1v) is 9.36. The molecule has 150 valence electrons. The van der Waals surface area contributed by atoms with Crippen LogP contribution in [-0.2, 0) is 19.1 Å². The number of hydrogen-bond donors (Lipinski definition) is 0. The van der Waals surface area contributed by atoms with E-state index >= 15 is 0 Å². The summed E-state index contributed by atoms with van der Waals surface area (Å²) in [5, 5.41) is 0. The van der Waals surface area contributed by atoms with Gasteiger partial charge in [0.05, 0.1) is 24.5 Å². The summed E-state index contributed by atoms with van der Waals surface area (Å²) in [6.45, 7) is 6.41. The van der Waals surface area contributed by atoms with E-state index in [0.29, 0.717) is 12.6 Å². The van der Waals surface area contributed by atoms with E-state index in [4.69, 9.17) is 9.47 Å². The Morgan fingerprint density at radius 2 is 2.04 bits per heavy atom. The minimum Gasteiger partial charge on any atom is -0.444 e. The molecular weight excluding hydrogens is 352 g/mol. The van der Waals surface area contributed by atoms with Crippen LogP contribution >= 0.6 is 0 Å². The number of aliphatic imine (C=N–C) groups is 1. The van der Waals surface area contributed by atoms with Gasteiger partial charge in [0.25, 0.3) is 5.91 Å². The quantitative estimate of drug-likeness (QED) is 0.372. The highest BCUT2D eigenvalue weighted by Crippen LogP contribution is 2.26. The summed E-state index contributed by atoms with van der Waals surface area (Å²) >= 11 is 0. The van der Waals surface area contributed by atoms with Crippen LogP contribution < -0.4 is 0 Å². The van der Waals surface area contributed by atoms with Crippen molar-refractivity contribution < 1.29 is 23.9 Å². The molecule has 3 rings (SSSR count). The molecule has 3 atom stereocenters. The summed E-state index contributed by atoms with van der Waals surface area (Å²) < 4.78 is 10.5. The number of carbonyl (C=O) groups is 3. The van der Waals surface area contributed by atoms with Gasteiger partial charge in [-0.05, 0) is 40.0 Å². The van der Waals surface area contributed by atoms with Crippen molar-refractivity contribution in [1.29, 1.82) is 0 Å². The maximum absolute atomic E-state index is 12.9. The highest BCUT2D eigenvalue weighted by atomic mass is 16.6. The topological polar surface area (TPSA) is 95.1 Å². The Hall–Kier alpha value is -2.16. The third-order valence-electron chi connectivity index (χ3n) is 4.97. The van der Waals surface area contributed by atoms with E-state index in [1.807, 2.05) is 0 Å². The van der Waals surface area contributed by atoms with Crippen molar-refractivity contribution in [3.63, 3.8) is 0 Å². The number of esters is 1. The predicted molar refractivity (Wildman–Crippen MR) is 96.8 cm³/mol. The summed E-state index contributed by atoms with van der Waals surface area (Å²) in [4.78, 5) is 46.1. The van der Waals surface area contributed by atoms with Crippen LogP contribution in [0.5, 0.6) is 0 Å². The third kappa shape index (κ3) is 4.23. The molecule has 0 bridgehead atoms. The van der Waals surface area contributed by atoms with E-state index in [9.17, 15) is 14.4 Å². The van der Waals surface area contributed by atoms with Gasteiger partial charge in [-0.3, -0.25) is 14.5 Å². The maximum Gasteiger partial charge on any atom is 0.328 e. The van der Waals surface area contributed by atoms with Crippen molar-refractivity contribution in [1.82, 2.24) is 14.7 Å². The number of carbonyl (C=O) groups excluding carboxylic acids is 3. The zero-order valence-corrected chi connectivity index (χ0v) is 16.4. The number of ether oxygens (including phenoxy) is 2. The molecule has 2 saturated heterocycles. The monoisotopic (exact) mass is 380 g/mol. The fraction of sp³-hybridized carbons (Fsp3) is 0.778. The van der Waals surface area contributed by atoms with Crippen LogP contribution in [0.2, 0.25) is 0 Å². The second-order valence-electron chi connectivity index (χ2n) is 8.28. The first-order valence-electron chi connectivity index (χ1n) is 9.36. The van der Waals surface area contributed by atoms with Gasteiger partial charge in [0.2, 0.25) is 0 Å². The van der Waals surface area contributed by atoms with Gasteiger partial charge in [-0.25, -0.2) is 9.79 Å². The first kappa shape index (κ1) is 19.6. The molecular formula is C18H28N4O5. The number of amides is 3. The van der Waals surface area contributed by atoms with Gasteiger partial charge < -0.3 is 19.3 Å². The molecule has 3 aliphatic heterocycles. The van der Waals surface area contributed by atoms with Crippen molar-refractivity contribution in [2.45, 2.75) is 58.3 Å². The van der Waals surface area contributed by atoms with Gasteiger partial charge in [-0.2, -0.15) is 0 Å². The molecule has 0 aromatic rings. The fourth-order valence-electron chi connectivity index (χ4n) is 3.16. The van der Waals surface area contributed by atoms with Gasteiger partial charge in [0.1, 0.15) is 0 Å². The Balaban J connectivity index is 1.60. The number of urea groups is 1. The number of nitrogens with zero attached hydrogens (tertiary/aromatic N) is 4. The summed E-state index contributed by atoms with van der Waals surface area (Å²) in [5.41, 5.74) is -0.628. The molecule has 0 aromatic carbocycles. The molecule has 3 unspecified atom stereocenters. The van der Waals surface area contributed by atoms with Crippen LogP contribution in [0.15, 0.2) is 4.99 Å². The van der Waals surface area contributed by atoms with Crippen LogP contribution in [-0.4, -0.2) is 84.2 Å². The molecule has 3 aliphatic rings. The average Bonchev–Trinajstić information content (AvgIpc) is 3.33. The number of fused-ring (bicyclic) bond motifs is 1. The third-order valence-corrected chi connectivity index (χ3v) is 4.97. The molecule has 9 heteroatoms. The lowest BCUT2D eigenvalue weighted by Gasteiger charge is -2.41. The molecule has 9 nitrogen and oxygen atoms in total. The van der Waals surface area contributed by atoms with E-state index in [2.05, 4.69) is 4.99 Å². The summed E-state index contributed by atoms with van der Waals surface area (Å²) in [7, 11) is 1.64. The van der Waals surface area contributed by atoms with Gasteiger partial charge in [0, 0.05) is 13.6 Å². The number of hydrogen-bond acceptors (Lipinski definition) is 7.